The van der Waals surface area contributed by atoms with E-state index in [-0.39, 0.29) is 30.5 Å². The summed E-state index contributed by atoms with van der Waals surface area (Å²) in [5.74, 6) is -0.910. The predicted octanol–water partition coefficient (Wildman–Crippen LogP) is 5.25. The molecule has 2 atom stereocenters. The Balaban J connectivity index is 2.34. The summed E-state index contributed by atoms with van der Waals surface area (Å²) in [6.07, 6.45) is 7.81. The number of benzene rings is 1. The lowest BCUT2D eigenvalue weighted by atomic mass is 9.84. The number of rotatable bonds is 13. The van der Waals surface area contributed by atoms with Crippen LogP contribution in [0.5, 0.6) is 0 Å². The molecule has 1 rings (SSSR count). The molecule has 7 heteroatoms. The molecule has 0 saturated carbocycles. The standard InChI is InChI=1S/C24H38O6S/c1-6-20(21-12-14-22(15-13-21)24(3,4)5)11-9-7-8-10-19(2)23(25)30-17-16-29-18-31(26,27)28/h7,9,12-15,19-20H,6,8,10-11,16-18H2,1-5H3,(H,26,27,28). The zero-order chi connectivity index (χ0) is 23.5. The van der Waals surface area contributed by atoms with E-state index in [0.29, 0.717) is 12.3 Å². The van der Waals surface area contributed by atoms with E-state index in [2.05, 4.69) is 64.1 Å². The first-order chi connectivity index (χ1) is 14.4. The van der Waals surface area contributed by atoms with Gasteiger partial charge in [0.2, 0.25) is 0 Å². The second-order valence-corrected chi connectivity index (χ2v) is 10.3. The Morgan fingerprint density at radius 3 is 2.32 bits per heavy atom. The molecular formula is C24H38O6S. The maximum atomic E-state index is 11.9. The van der Waals surface area contributed by atoms with Crippen LogP contribution < -0.4 is 0 Å². The summed E-state index contributed by atoms with van der Waals surface area (Å²) >= 11 is 0. The topological polar surface area (TPSA) is 89.9 Å². The van der Waals surface area contributed by atoms with Crippen LogP contribution in [0.3, 0.4) is 0 Å². The second kappa shape index (κ2) is 13.0. The van der Waals surface area contributed by atoms with E-state index in [1.165, 1.54) is 11.1 Å². The van der Waals surface area contributed by atoms with Crippen LogP contribution in [0.1, 0.15) is 77.3 Å². The molecule has 31 heavy (non-hydrogen) atoms. The van der Waals surface area contributed by atoms with Crippen molar-refractivity contribution in [3.8, 4) is 0 Å². The summed E-state index contributed by atoms with van der Waals surface area (Å²) in [7, 11) is -4.16. The molecule has 0 radical (unpaired) electrons. The van der Waals surface area contributed by atoms with Gasteiger partial charge in [-0.3, -0.25) is 9.35 Å². The van der Waals surface area contributed by atoms with Crippen molar-refractivity contribution in [3.05, 3.63) is 47.5 Å². The van der Waals surface area contributed by atoms with E-state index in [1.54, 1.807) is 6.92 Å². The van der Waals surface area contributed by atoms with Crippen LogP contribution in [0.2, 0.25) is 0 Å². The SMILES string of the molecule is CCC(CC=CCCC(C)C(=O)OCCOCS(=O)(=O)O)c1ccc(C(C)(C)C)cc1. The molecular weight excluding hydrogens is 416 g/mol. The first-order valence-electron chi connectivity index (χ1n) is 10.9. The third-order valence-corrected chi connectivity index (χ3v) is 5.67. The van der Waals surface area contributed by atoms with Gasteiger partial charge in [0.1, 0.15) is 6.61 Å². The highest BCUT2D eigenvalue weighted by Gasteiger charge is 2.15. The largest absolute Gasteiger partial charge is 0.463 e. The first-order valence-corrected chi connectivity index (χ1v) is 12.5. The molecule has 0 aliphatic rings. The molecule has 176 valence electrons. The van der Waals surface area contributed by atoms with Gasteiger partial charge in [0.05, 0.1) is 12.5 Å². The molecule has 0 heterocycles. The number of esters is 1. The highest BCUT2D eigenvalue weighted by atomic mass is 32.2. The minimum Gasteiger partial charge on any atom is -0.463 e. The zero-order valence-electron chi connectivity index (χ0n) is 19.5. The summed E-state index contributed by atoms with van der Waals surface area (Å²) < 4.78 is 39.3. The van der Waals surface area contributed by atoms with E-state index < -0.39 is 16.1 Å². The zero-order valence-corrected chi connectivity index (χ0v) is 20.3. The van der Waals surface area contributed by atoms with Crippen molar-refractivity contribution in [2.75, 3.05) is 19.2 Å². The fraction of sp³-hybridized carbons (Fsp3) is 0.625. The average Bonchev–Trinajstić information content (AvgIpc) is 2.68. The van der Waals surface area contributed by atoms with Crippen molar-refractivity contribution in [2.24, 2.45) is 5.92 Å². The van der Waals surface area contributed by atoms with Gasteiger partial charge in [-0.25, -0.2) is 0 Å². The molecule has 0 aliphatic carbocycles. The lowest BCUT2D eigenvalue weighted by molar-refractivity contribution is -0.149. The summed E-state index contributed by atoms with van der Waals surface area (Å²) in [5.41, 5.74) is 2.85. The molecule has 1 aromatic carbocycles. The summed E-state index contributed by atoms with van der Waals surface area (Å²) in [6, 6.07) is 8.92. The van der Waals surface area contributed by atoms with Gasteiger partial charge < -0.3 is 9.47 Å². The quantitative estimate of drug-likeness (QED) is 0.190. The number of hydrogen-bond donors (Lipinski definition) is 1. The Morgan fingerprint density at radius 1 is 1.13 bits per heavy atom. The van der Waals surface area contributed by atoms with Gasteiger partial charge in [-0.05, 0) is 48.1 Å². The van der Waals surface area contributed by atoms with Crippen LogP contribution in [0.15, 0.2) is 36.4 Å². The Kier molecular flexibility index (Phi) is 11.5. The lowest BCUT2D eigenvalue weighted by Crippen LogP contribution is -2.18. The highest BCUT2D eigenvalue weighted by Crippen LogP contribution is 2.28. The molecule has 0 aliphatic heterocycles. The van der Waals surface area contributed by atoms with Crippen LogP contribution in [0.25, 0.3) is 0 Å². The third kappa shape index (κ3) is 11.5. The van der Waals surface area contributed by atoms with E-state index >= 15 is 0 Å². The van der Waals surface area contributed by atoms with Crippen molar-refractivity contribution in [1.29, 1.82) is 0 Å². The number of ether oxygens (including phenoxy) is 2. The molecule has 0 amide bonds. The van der Waals surface area contributed by atoms with Crippen LogP contribution in [-0.4, -0.2) is 38.1 Å². The number of allylic oxidation sites excluding steroid dienone is 2. The Hall–Kier alpha value is -1.70. The maximum Gasteiger partial charge on any atom is 0.308 e. The average molecular weight is 455 g/mol. The minimum atomic E-state index is -4.16. The van der Waals surface area contributed by atoms with Crippen LogP contribution >= 0.6 is 0 Å². The predicted molar refractivity (Wildman–Crippen MR) is 124 cm³/mol. The Labute approximate surface area is 187 Å². The van der Waals surface area contributed by atoms with Gasteiger partial charge >= 0.3 is 5.97 Å². The molecule has 6 nitrogen and oxygen atoms in total. The van der Waals surface area contributed by atoms with E-state index in [1.807, 2.05) is 0 Å². The molecule has 0 spiro atoms. The normalized spacial score (nSPS) is 14.5. The third-order valence-electron chi connectivity index (χ3n) is 5.20. The molecule has 1 N–H and O–H groups in total. The molecule has 0 aromatic heterocycles. The molecule has 2 unspecified atom stereocenters. The molecule has 1 aromatic rings. The second-order valence-electron chi connectivity index (χ2n) is 8.94. The van der Waals surface area contributed by atoms with Crippen molar-refractivity contribution < 1.29 is 27.2 Å². The first kappa shape index (κ1) is 27.3. The minimum absolute atomic E-state index is 0.0410. The number of carbonyl (C=O) groups is 1. The molecule has 0 bridgehead atoms. The van der Waals surface area contributed by atoms with Crippen molar-refractivity contribution >= 4 is 16.1 Å². The van der Waals surface area contributed by atoms with E-state index in [4.69, 9.17) is 14.0 Å². The number of hydrogen-bond acceptors (Lipinski definition) is 5. The van der Waals surface area contributed by atoms with Gasteiger partial charge in [0.15, 0.2) is 5.94 Å². The van der Waals surface area contributed by atoms with Gasteiger partial charge in [0, 0.05) is 0 Å². The van der Waals surface area contributed by atoms with Crippen LogP contribution in [0, 0.1) is 5.92 Å². The van der Waals surface area contributed by atoms with Crippen molar-refractivity contribution in [3.63, 3.8) is 0 Å². The number of carbonyl (C=O) groups excluding carboxylic acids is 1. The fourth-order valence-corrected chi connectivity index (χ4v) is 3.47. The van der Waals surface area contributed by atoms with Crippen molar-refractivity contribution in [2.45, 2.75) is 71.6 Å². The lowest BCUT2D eigenvalue weighted by Gasteiger charge is -2.20. The van der Waals surface area contributed by atoms with Crippen LogP contribution in [0.4, 0.5) is 0 Å². The highest BCUT2D eigenvalue weighted by molar-refractivity contribution is 7.85. The Bertz CT molecular complexity index is 790. The summed E-state index contributed by atoms with van der Waals surface area (Å²) in [4.78, 5) is 11.9. The van der Waals surface area contributed by atoms with Gasteiger partial charge in [-0.15, -0.1) is 0 Å². The molecule has 0 fully saturated rings. The fourth-order valence-electron chi connectivity index (χ4n) is 3.14. The smallest absolute Gasteiger partial charge is 0.308 e. The van der Waals surface area contributed by atoms with Gasteiger partial charge in [-0.1, -0.05) is 71.0 Å². The van der Waals surface area contributed by atoms with Crippen LogP contribution in [-0.2, 0) is 29.8 Å². The maximum absolute atomic E-state index is 11.9. The van der Waals surface area contributed by atoms with Gasteiger partial charge in [0.25, 0.3) is 10.1 Å². The van der Waals surface area contributed by atoms with Gasteiger partial charge in [-0.2, -0.15) is 8.42 Å². The summed E-state index contributed by atoms with van der Waals surface area (Å²) in [5, 5.41) is 0. The van der Waals surface area contributed by atoms with E-state index in [9.17, 15) is 13.2 Å². The van der Waals surface area contributed by atoms with Crippen molar-refractivity contribution in [1.82, 2.24) is 0 Å². The Morgan fingerprint density at radius 2 is 1.77 bits per heavy atom. The molecule has 0 saturated heterocycles. The van der Waals surface area contributed by atoms with E-state index in [0.717, 1.165) is 19.3 Å². The monoisotopic (exact) mass is 454 g/mol. The summed E-state index contributed by atoms with van der Waals surface area (Å²) in [6.45, 7) is 10.5.